The molecule has 51 heavy (non-hydrogen) atoms. The Morgan fingerprint density at radius 2 is 1.59 bits per heavy atom. The number of hydrogen-bond donors (Lipinski definition) is 0. The summed E-state index contributed by atoms with van der Waals surface area (Å²) in [6, 6.07) is 21.6. The Morgan fingerprint density at radius 1 is 0.902 bits per heavy atom. The molecule has 0 N–H and O–H groups in total. The van der Waals surface area contributed by atoms with Crippen molar-refractivity contribution in [3.8, 4) is 0 Å². The molecule has 4 aromatic rings. The normalized spacial score (nSPS) is 18.5. The number of rotatable bonds is 9. The highest BCUT2D eigenvalue weighted by molar-refractivity contribution is 6.31. The number of piperazine rings is 1. The van der Waals surface area contributed by atoms with Crippen LogP contribution in [0.25, 0.3) is 0 Å². The van der Waals surface area contributed by atoms with Gasteiger partial charge in [0.15, 0.2) is 0 Å². The molecule has 8 nitrogen and oxygen atoms in total. The van der Waals surface area contributed by atoms with E-state index < -0.39 is 6.04 Å². The first-order chi connectivity index (χ1) is 24.8. The van der Waals surface area contributed by atoms with Gasteiger partial charge in [-0.15, -0.1) is 0 Å². The summed E-state index contributed by atoms with van der Waals surface area (Å²) in [7, 11) is 0. The fourth-order valence-corrected chi connectivity index (χ4v) is 8.52. The molecule has 0 unspecified atom stereocenters. The zero-order valence-electron chi connectivity index (χ0n) is 29.4. The summed E-state index contributed by atoms with van der Waals surface area (Å²) >= 11 is 13.1. The van der Waals surface area contributed by atoms with Crippen molar-refractivity contribution in [3.63, 3.8) is 0 Å². The lowest BCUT2D eigenvalue weighted by molar-refractivity contribution is -0.140. The SMILES string of the molecule is Cc1cn(CCCN(Cc2ccccc2)C(=O)[C@H]2CN(C3c4ccc(Cl)cc4CCc4cc(Cl)ccc43)CCN2C(=O)OC2CCCCC2)cn1. The van der Waals surface area contributed by atoms with Crippen LogP contribution in [-0.4, -0.2) is 74.6 Å². The number of carbonyl (C=O) groups is 2. The van der Waals surface area contributed by atoms with E-state index in [0.717, 1.165) is 62.7 Å². The monoisotopic (exact) mass is 727 g/mol. The lowest BCUT2D eigenvalue weighted by Crippen LogP contribution is -2.62. The summed E-state index contributed by atoms with van der Waals surface area (Å²) in [5.41, 5.74) is 6.77. The van der Waals surface area contributed by atoms with Gasteiger partial charge < -0.3 is 14.2 Å². The van der Waals surface area contributed by atoms with Gasteiger partial charge in [0.1, 0.15) is 12.1 Å². The van der Waals surface area contributed by atoms with Gasteiger partial charge in [0.05, 0.1) is 18.1 Å². The van der Waals surface area contributed by atoms with Crippen LogP contribution in [0.15, 0.2) is 79.3 Å². The highest BCUT2D eigenvalue weighted by Crippen LogP contribution is 2.40. The van der Waals surface area contributed by atoms with Crippen LogP contribution < -0.4 is 0 Å². The molecule has 1 aliphatic heterocycles. The number of benzene rings is 3. The van der Waals surface area contributed by atoms with Gasteiger partial charge in [-0.1, -0.05) is 72.1 Å². The molecule has 2 heterocycles. The maximum atomic E-state index is 15.0. The zero-order valence-corrected chi connectivity index (χ0v) is 30.9. The molecule has 3 aromatic carbocycles. The van der Waals surface area contributed by atoms with E-state index in [0.29, 0.717) is 42.8 Å². The highest BCUT2D eigenvalue weighted by atomic mass is 35.5. The Balaban J connectivity index is 1.22. The largest absolute Gasteiger partial charge is 0.446 e. The Morgan fingerprint density at radius 3 is 2.24 bits per heavy atom. The molecule has 2 aliphatic carbocycles. The molecule has 0 bridgehead atoms. The van der Waals surface area contributed by atoms with Crippen LogP contribution in [-0.2, 0) is 35.5 Å². The quantitative estimate of drug-likeness (QED) is 0.174. The Bertz CT molecular complexity index is 1770. The van der Waals surface area contributed by atoms with Gasteiger partial charge >= 0.3 is 6.09 Å². The maximum Gasteiger partial charge on any atom is 0.410 e. The second-order valence-electron chi connectivity index (χ2n) is 14.3. The van der Waals surface area contributed by atoms with Crippen LogP contribution in [0.3, 0.4) is 0 Å². The van der Waals surface area contributed by atoms with Gasteiger partial charge in [-0.05, 0) is 104 Å². The van der Waals surface area contributed by atoms with Crippen molar-refractivity contribution < 1.29 is 14.3 Å². The van der Waals surface area contributed by atoms with Crippen LogP contribution in [0, 0.1) is 6.92 Å². The number of aromatic nitrogens is 2. The van der Waals surface area contributed by atoms with E-state index in [9.17, 15) is 4.79 Å². The molecule has 1 saturated heterocycles. The molecule has 0 spiro atoms. The van der Waals surface area contributed by atoms with E-state index in [1.54, 1.807) is 4.90 Å². The molecular weight excluding hydrogens is 681 g/mol. The minimum atomic E-state index is -0.719. The summed E-state index contributed by atoms with van der Waals surface area (Å²) < 4.78 is 8.21. The van der Waals surface area contributed by atoms with E-state index in [-0.39, 0.29) is 24.1 Å². The molecule has 1 aromatic heterocycles. The van der Waals surface area contributed by atoms with Gasteiger partial charge in [-0.3, -0.25) is 14.6 Å². The Kier molecular flexibility index (Phi) is 11.3. The number of hydrogen-bond acceptors (Lipinski definition) is 5. The molecule has 10 heteroatoms. The molecule has 1 saturated carbocycles. The third-order valence-corrected chi connectivity index (χ3v) is 11.2. The van der Waals surface area contributed by atoms with Crippen molar-refractivity contribution in [1.82, 2.24) is 24.3 Å². The lowest BCUT2D eigenvalue weighted by Gasteiger charge is -2.45. The van der Waals surface area contributed by atoms with Crippen LogP contribution in [0.2, 0.25) is 10.0 Å². The van der Waals surface area contributed by atoms with Crippen LogP contribution in [0.4, 0.5) is 4.79 Å². The van der Waals surface area contributed by atoms with E-state index in [1.807, 2.05) is 54.7 Å². The van der Waals surface area contributed by atoms with Crippen molar-refractivity contribution >= 4 is 35.2 Å². The van der Waals surface area contributed by atoms with Crippen LogP contribution in [0.5, 0.6) is 0 Å². The summed E-state index contributed by atoms with van der Waals surface area (Å²) in [5.74, 6) is -0.0627. The number of nitrogens with zero attached hydrogens (tertiary/aromatic N) is 5. The van der Waals surface area contributed by atoms with E-state index in [1.165, 1.54) is 28.7 Å². The number of ether oxygens (including phenoxy) is 1. The van der Waals surface area contributed by atoms with E-state index >= 15 is 4.79 Å². The van der Waals surface area contributed by atoms with Crippen molar-refractivity contribution in [3.05, 3.63) is 123 Å². The molecule has 0 radical (unpaired) electrons. The van der Waals surface area contributed by atoms with Gasteiger partial charge in [0.25, 0.3) is 0 Å². The summed E-state index contributed by atoms with van der Waals surface area (Å²) in [4.78, 5) is 39.5. The van der Waals surface area contributed by atoms with Crippen molar-refractivity contribution in [2.24, 2.45) is 0 Å². The van der Waals surface area contributed by atoms with Gasteiger partial charge in [0, 0.05) is 55.5 Å². The third kappa shape index (κ3) is 8.45. The summed E-state index contributed by atoms with van der Waals surface area (Å²) in [5, 5.41) is 1.42. The standard InChI is InChI=1S/C41H47Cl2N5O3/c1-29-25-45(28-44-29)19-8-20-47(26-30-9-4-2-5-10-30)40(49)38-27-46(21-22-48(38)41(50)51-35-11-6-3-7-12-35)39-36-17-15-33(42)23-31(36)13-14-32-24-34(43)16-18-37(32)39/h2,4-5,9-10,15-18,23-25,28,35,38-39H,3,6-8,11-14,19-22,26-27H2,1H3/t38-/m1/s1. The first-order valence-electron chi connectivity index (χ1n) is 18.4. The van der Waals surface area contributed by atoms with Crippen LogP contribution >= 0.6 is 23.2 Å². The topological polar surface area (TPSA) is 70.9 Å². The van der Waals surface area contributed by atoms with Crippen LogP contribution in [0.1, 0.15) is 78.1 Å². The van der Waals surface area contributed by atoms with Crippen molar-refractivity contribution in [1.29, 1.82) is 0 Å². The minimum absolute atomic E-state index is 0.0627. The minimum Gasteiger partial charge on any atom is -0.446 e. The number of amides is 2. The smallest absolute Gasteiger partial charge is 0.410 e. The fourth-order valence-electron chi connectivity index (χ4n) is 8.13. The molecule has 268 valence electrons. The zero-order chi connectivity index (χ0) is 35.3. The second-order valence-corrected chi connectivity index (χ2v) is 15.2. The second kappa shape index (κ2) is 16.2. The van der Waals surface area contributed by atoms with Gasteiger partial charge in [0.2, 0.25) is 5.91 Å². The number of imidazole rings is 1. The maximum absolute atomic E-state index is 15.0. The number of carbonyl (C=O) groups excluding carboxylic acids is 2. The van der Waals surface area contributed by atoms with Gasteiger partial charge in [-0.25, -0.2) is 9.78 Å². The molecule has 2 amide bonds. The third-order valence-electron chi connectivity index (χ3n) is 10.7. The van der Waals surface area contributed by atoms with Crippen molar-refractivity contribution in [2.45, 2.75) is 89.6 Å². The van der Waals surface area contributed by atoms with E-state index in [2.05, 4.69) is 50.8 Å². The molecule has 2 fully saturated rings. The number of fused-ring (bicyclic) bond motifs is 2. The number of halogens is 2. The Hall–Kier alpha value is -3.85. The molecule has 7 rings (SSSR count). The predicted molar refractivity (Wildman–Crippen MR) is 201 cm³/mol. The van der Waals surface area contributed by atoms with Gasteiger partial charge in [-0.2, -0.15) is 0 Å². The molecule has 1 atom stereocenters. The van der Waals surface area contributed by atoms with E-state index in [4.69, 9.17) is 27.9 Å². The molecule has 3 aliphatic rings. The fraction of sp³-hybridized carbons (Fsp3) is 0.439. The highest BCUT2D eigenvalue weighted by Gasteiger charge is 2.42. The average molecular weight is 729 g/mol. The summed E-state index contributed by atoms with van der Waals surface area (Å²) in [6.07, 6.45) is 10.9. The summed E-state index contributed by atoms with van der Waals surface area (Å²) in [6.45, 7) is 5.07. The lowest BCUT2D eigenvalue weighted by atomic mass is 9.92. The molecular formula is C41H47Cl2N5O3. The first-order valence-corrected chi connectivity index (χ1v) is 19.2. The first kappa shape index (κ1) is 35.5. The van der Waals surface area contributed by atoms with Crippen molar-refractivity contribution in [2.75, 3.05) is 26.2 Å². The number of aryl methyl sites for hydroxylation is 4. The average Bonchev–Trinajstić information content (AvgIpc) is 3.49. The Labute approximate surface area is 311 Å². The predicted octanol–water partition coefficient (Wildman–Crippen LogP) is 8.26.